The number of likely N-dealkylation sites (N-methyl/N-ethyl adjacent to an activating group) is 1. The standard InChI is InChI=1S/C24H27F9N4O5S/c1-6-37(7-2)19(39)17(34-11-16(38)35-12-20(3,4)40)18(43-5)14-9-8-13(10-15(14)42-24(31,32)33)21(36-41,22(25,26)27)23(28,29)30/h8-11,40H,6-7,12H2,1-5H3,(H,35,38)/b18-17-,34-11?. The van der Waals surface area contributed by atoms with Crippen LogP contribution in [0.15, 0.2) is 34.1 Å². The van der Waals surface area contributed by atoms with Gasteiger partial charge in [-0.25, -0.2) is 4.99 Å². The number of hydrogen-bond donors (Lipinski definition) is 2. The fraction of sp³-hybridized carbons (Fsp3) is 0.542. The number of nitroso groups, excluding NO2 is 1. The van der Waals surface area contributed by atoms with E-state index < -0.39 is 69.1 Å². The lowest BCUT2D eigenvalue weighted by Gasteiger charge is -2.31. The first-order valence-electron chi connectivity index (χ1n) is 12.0. The largest absolute Gasteiger partial charge is 0.573 e. The summed E-state index contributed by atoms with van der Waals surface area (Å²) in [5, 5.41) is 13.3. The van der Waals surface area contributed by atoms with Crippen LogP contribution in [0, 0.1) is 4.91 Å². The smallest absolute Gasteiger partial charge is 0.405 e. The summed E-state index contributed by atoms with van der Waals surface area (Å²) in [7, 11) is 0. The van der Waals surface area contributed by atoms with Gasteiger partial charge in [0.1, 0.15) is 11.4 Å². The zero-order valence-corrected chi connectivity index (χ0v) is 24.0. The maximum atomic E-state index is 13.7. The number of thioether (sulfide) groups is 1. The third-order valence-electron chi connectivity index (χ3n) is 5.51. The summed E-state index contributed by atoms with van der Waals surface area (Å²) in [5.41, 5.74) is -10.4. The van der Waals surface area contributed by atoms with Crippen LogP contribution in [0.3, 0.4) is 0 Å². The molecule has 0 heterocycles. The van der Waals surface area contributed by atoms with E-state index in [-0.39, 0.29) is 31.8 Å². The molecular weight excluding hydrogens is 627 g/mol. The molecule has 43 heavy (non-hydrogen) atoms. The number of benzene rings is 1. The van der Waals surface area contributed by atoms with Gasteiger partial charge in [0.15, 0.2) is 0 Å². The number of hydrogen-bond acceptors (Lipinski definition) is 8. The number of nitrogens with zero attached hydrogens (tertiary/aromatic N) is 3. The molecule has 19 heteroatoms. The molecule has 0 aliphatic rings. The number of carbonyl (C=O) groups excluding carboxylic acids is 2. The Bertz CT molecular complexity index is 1220. The molecule has 0 aromatic heterocycles. The summed E-state index contributed by atoms with van der Waals surface area (Å²) < 4.78 is 126. The van der Waals surface area contributed by atoms with Gasteiger partial charge < -0.3 is 20.1 Å². The van der Waals surface area contributed by atoms with Crippen molar-refractivity contribution in [2.75, 3.05) is 25.9 Å². The van der Waals surface area contributed by atoms with Crippen molar-refractivity contribution in [2.24, 2.45) is 10.2 Å². The first-order valence-corrected chi connectivity index (χ1v) is 13.2. The van der Waals surface area contributed by atoms with E-state index in [0.717, 1.165) is 4.90 Å². The SMILES string of the molecule is CCN(CC)C(=O)/C(N=CC(=O)NCC(C)(C)O)=C(/SC)c1ccc(C(N=O)(C(F)(F)F)C(F)(F)F)cc1OC(F)(F)F. The maximum Gasteiger partial charge on any atom is 0.573 e. The van der Waals surface area contributed by atoms with Crippen molar-refractivity contribution in [3.8, 4) is 5.75 Å². The van der Waals surface area contributed by atoms with E-state index in [1.807, 2.05) is 0 Å². The van der Waals surface area contributed by atoms with Crippen molar-refractivity contribution in [2.45, 2.75) is 57.5 Å². The maximum absolute atomic E-state index is 13.7. The number of aliphatic imine (C=N–C) groups is 1. The summed E-state index contributed by atoms with van der Waals surface area (Å²) >= 11 is 0.507. The Hall–Kier alpha value is -3.35. The summed E-state index contributed by atoms with van der Waals surface area (Å²) in [6.07, 6.45) is -16.8. The molecule has 242 valence electrons. The molecule has 2 N–H and O–H groups in total. The van der Waals surface area contributed by atoms with Gasteiger partial charge in [0, 0.05) is 35.7 Å². The van der Waals surface area contributed by atoms with Crippen molar-refractivity contribution in [1.82, 2.24) is 10.2 Å². The average molecular weight is 655 g/mol. The van der Waals surface area contributed by atoms with Gasteiger partial charge in [-0.05, 0) is 51.3 Å². The van der Waals surface area contributed by atoms with Crippen molar-refractivity contribution in [3.63, 3.8) is 0 Å². The van der Waals surface area contributed by atoms with Crippen molar-refractivity contribution < 1.29 is 58.9 Å². The fourth-order valence-electron chi connectivity index (χ4n) is 3.47. The highest BCUT2D eigenvalue weighted by molar-refractivity contribution is 8.07. The number of rotatable bonds is 12. The van der Waals surface area contributed by atoms with Gasteiger partial charge >= 0.3 is 24.3 Å². The fourth-order valence-corrected chi connectivity index (χ4v) is 4.19. The predicted molar refractivity (Wildman–Crippen MR) is 139 cm³/mol. The summed E-state index contributed by atoms with van der Waals surface area (Å²) in [6.45, 7) is 5.50. The average Bonchev–Trinajstić information content (AvgIpc) is 2.84. The monoisotopic (exact) mass is 654 g/mol. The third kappa shape index (κ3) is 9.32. The van der Waals surface area contributed by atoms with Gasteiger partial charge in [0.2, 0.25) is 0 Å². The van der Waals surface area contributed by atoms with Gasteiger partial charge in [-0.15, -0.1) is 29.8 Å². The van der Waals surface area contributed by atoms with Crippen LogP contribution in [0.4, 0.5) is 39.5 Å². The molecule has 9 nitrogen and oxygen atoms in total. The van der Waals surface area contributed by atoms with Crippen molar-refractivity contribution >= 4 is 34.7 Å². The first kappa shape index (κ1) is 37.7. The predicted octanol–water partition coefficient (Wildman–Crippen LogP) is 5.53. The second-order valence-corrected chi connectivity index (χ2v) is 10.0. The Morgan fingerprint density at radius 3 is 1.95 bits per heavy atom. The number of amides is 2. The zero-order chi connectivity index (χ0) is 33.6. The number of alkyl halides is 9. The number of ether oxygens (including phenoxy) is 1. The van der Waals surface area contributed by atoms with E-state index in [9.17, 15) is 59.1 Å². The second kappa shape index (κ2) is 14.0. The molecule has 0 saturated heterocycles. The van der Waals surface area contributed by atoms with Crippen molar-refractivity contribution in [1.29, 1.82) is 0 Å². The molecular formula is C24H27F9N4O5S. The highest BCUT2D eigenvalue weighted by Gasteiger charge is 2.74. The molecule has 2 amide bonds. The minimum absolute atomic E-state index is 0.0243. The molecule has 0 unspecified atom stereocenters. The van der Waals surface area contributed by atoms with Gasteiger partial charge in [-0.2, -0.15) is 26.3 Å². The highest BCUT2D eigenvalue weighted by Crippen LogP contribution is 2.54. The summed E-state index contributed by atoms with van der Waals surface area (Å²) in [6, 6.07) is 0.107. The molecule has 0 radical (unpaired) electrons. The van der Waals surface area contributed by atoms with E-state index in [1.165, 1.54) is 39.1 Å². The molecule has 0 aliphatic carbocycles. The van der Waals surface area contributed by atoms with Crippen LogP contribution in [0.1, 0.15) is 38.8 Å². The van der Waals surface area contributed by atoms with Crippen molar-refractivity contribution in [3.05, 3.63) is 39.9 Å². The topological polar surface area (TPSA) is 121 Å². The Labute approximate surface area is 243 Å². The van der Waals surface area contributed by atoms with Gasteiger partial charge in [0.05, 0.1) is 11.8 Å². The van der Waals surface area contributed by atoms with E-state index in [4.69, 9.17) is 0 Å². The van der Waals surface area contributed by atoms with E-state index in [1.54, 1.807) is 0 Å². The molecule has 1 aromatic rings. The van der Waals surface area contributed by atoms with Crippen LogP contribution in [0.2, 0.25) is 0 Å². The quantitative estimate of drug-likeness (QED) is 0.132. The Morgan fingerprint density at radius 2 is 1.56 bits per heavy atom. The lowest BCUT2D eigenvalue weighted by Crippen LogP contribution is -2.52. The van der Waals surface area contributed by atoms with Crippen LogP contribution in [0.5, 0.6) is 5.75 Å². The van der Waals surface area contributed by atoms with Gasteiger partial charge in [-0.3, -0.25) is 9.59 Å². The summed E-state index contributed by atoms with van der Waals surface area (Å²) in [4.78, 5) is 41.0. The van der Waals surface area contributed by atoms with Crippen LogP contribution in [-0.2, 0) is 15.1 Å². The minimum Gasteiger partial charge on any atom is -0.405 e. The lowest BCUT2D eigenvalue weighted by molar-refractivity contribution is -0.301. The van der Waals surface area contributed by atoms with Crippen LogP contribution < -0.4 is 10.1 Å². The van der Waals surface area contributed by atoms with E-state index in [0.29, 0.717) is 24.0 Å². The van der Waals surface area contributed by atoms with E-state index in [2.05, 4.69) is 15.0 Å². The molecule has 1 rings (SSSR count). The van der Waals surface area contributed by atoms with Gasteiger partial charge in [0.25, 0.3) is 11.8 Å². The molecule has 0 bridgehead atoms. The number of halogens is 9. The van der Waals surface area contributed by atoms with Crippen LogP contribution in [0.25, 0.3) is 4.91 Å². The van der Waals surface area contributed by atoms with E-state index >= 15 is 0 Å². The number of aliphatic hydroxyl groups is 1. The molecule has 0 atom stereocenters. The zero-order valence-electron chi connectivity index (χ0n) is 23.2. The third-order valence-corrected chi connectivity index (χ3v) is 6.33. The normalized spacial score (nSPS) is 13.9. The summed E-state index contributed by atoms with van der Waals surface area (Å²) in [5.74, 6) is -3.59. The molecule has 0 saturated carbocycles. The molecule has 0 fully saturated rings. The second-order valence-electron chi connectivity index (χ2n) is 9.20. The number of carbonyl (C=O) groups is 2. The lowest BCUT2D eigenvalue weighted by atomic mass is 9.88. The molecule has 0 spiro atoms. The number of nitrogens with one attached hydrogen (secondary N) is 1. The van der Waals surface area contributed by atoms with Gasteiger partial charge in [-0.1, -0.05) is 6.07 Å². The first-order chi connectivity index (χ1) is 19.5. The Balaban J connectivity index is 4.14. The highest BCUT2D eigenvalue weighted by atomic mass is 32.2. The Kier molecular flexibility index (Phi) is 12.2. The Morgan fingerprint density at radius 1 is 1.02 bits per heavy atom. The van der Waals surface area contributed by atoms with Crippen LogP contribution in [-0.4, -0.2) is 78.2 Å². The minimum atomic E-state index is -6.44. The molecule has 0 aliphatic heterocycles. The molecule has 1 aromatic carbocycles. The van der Waals surface area contributed by atoms with Crippen LogP contribution >= 0.6 is 11.8 Å².